The minimum absolute atomic E-state index is 0.119. The normalized spacial score (nSPS) is 11.8. The third-order valence-electron chi connectivity index (χ3n) is 2.58. The van der Waals surface area contributed by atoms with E-state index in [2.05, 4.69) is 5.32 Å². The van der Waals surface area contributed by atoms with E-state index in [4.69, 9.17) is 5.11 Å². The molecule has 0 aliphatic carbocycles. The number of aliphatic hydroxyl groups excluding tert-OH is 1. The van der Waals surface area contributed by atoms with Crippen molar-refractivity contribution in [2.45, 2.75) is 18.7 Å². The first kappa shape index (κ1) is 14.9. The molecular formula is C12H20N2O3S. The number of rotatable bonds is 7. The Morgan fingerprint density at radius 2 is 1.83 bits per heavy atom. The fourth-order valence-electron chi connectivity index (χ4n) is 1.66. The summed E-state index contributed by atoms with van der Waals surface area (Å²) in [6.07, 6.45) is 0. The maximum absolute atomic E-state index is 12.2. The molecule has 0 aliphatic rings. The van der Waals surface area contributed by atoms with Crippen molar-refractivity contribution in [3.8, 4) is 0 Å². The van der Waals surface area contributed by atoms with Gasteiger partial charge in [0.25, 0.3) is 0 Å². The number of sulfonamides is 1. The molecule has 0 saturated carbocycles. The molecule has 0 amide bonds. The quantitative estimate of drug-likeness (QED) is 0.780. The number of aliphatic hydroxyl groups is 1. The standard InChI is InChI=1S/C12H20N2O3S/c1-3-13-11-5-7-12(8-6-11)18(16,17)14(4-2)9-10-15/h5-8,13,15H,3-4,9-10H2,1-2H3. The summed E-state index contributed by atoms with van der Waals surface area (Å²) in [5.41, 5.74) is 0.890. The summed E-state index contributed by atoms with van der Waals surface area (Å²) >= 11 is 0. The Hall–Kier alpha value is -1.11. The van der Waals surface area contributed by atoms with Gasteiger partial charge >= 0.3 is 0 Å². The highest BCUT2D eigenvalue weighted by Crippen LogP contribution is 2.18. The molecule has 0 bridgehead atoms. The molecule has 0 unspecified atom stereocenters. The number of hydrogen-bond donors (Lipinski definition) is 2. The Kier molecular flexibility index (Phi) is 5.58. The van der Waals surface area contributed by atoms with Gasteiger partial charge in [-0.15, -0.1) is 0 Å². The number of nitrogens with one attached hydrogen (secondary N) is 1. The van der Waals surface area contributed by atoms with Crippen LogP contribution in [-0.2, 0) is 10.0 Å². The molecule has 1 aromatic rings. The lowest BCUT2D eigenvalue weighted by atomic mass is 10.3. The Morgan fingerprint density at radius 1 is 1.22 bits per heavy atom. The van der Waals surface area contributed by atoms with Gasteiger partial charge in [-0.2, -0.15) is 4.31 Å². The summed E-state index contributed by atoms with van der Waals surface area (Å²) in [5.74, 6) is 0. The van der Waals surface area contributed by atoms with Crippen molar-refractivity contribution in [1.82, 2.24) is 4.31 Å². The molecule has 2 N–H and O–H groups in total. The highest BCUT2D eigenvalue weighted by Gasteiger charge is 2.22. The van der Waals surface area contributed by atoms with E-state index < -0.39 is 10.0 Å². The highest BCUT2D eigenvalue weighted by atomic mass is 32.2. The van der Waals surface area contributed by atoms with E-state index >= 15 is 0 Å². The predicted molar refractivity (Wildman–Crippen MR) is 72.1 cm³/mol. The van der Waals surface area contributed by atoms with Crippen molar-refractivity contribution < 1.29 is 13.5 Å². The molecule has 0 fully saturated rings. The summed E-state index contributed by atoms with van der Waals surface area (Å²) in [7, 11) is -3.50. The molecule has 0 radical (unpaired) electrons. The zero-order valence-corrected chi connectivity index (χ0v) is 11.6. The number of anilines is 1. The molecule has 0 aliphatic heterocycles. The van der Waals surface area contributed by atoms with Crippen LogP contribution < -0.4 is 5.32 Å². The number of likely N-dealkylation sites (N-methyl/N-ethyl adjacent to an activating group) is 1. The number of benzene rings is 1. The Labute approximate surface area is 108 Å². The highest BCUT2D eigenvalue weighted by molar-refractivity contribution is 7.89. The summed E-state index contributed by atoms with van der Waals surface area (Å²) in [4.78, 5) is 0.249. The van der Waals surface area contributed by atoms with Crippen molar-refractivity contribution in [2.75, 3.05) is 31.6 Å². The van der Waals surface area contributed by atoms with E-state index in [1.807, 2.05) is 6.92 Å². The van der Waals surface area contributed by atoms with Crippen molar-refractivity contribution in [2.24, 2.45) is 0 Å². The van der Waals surface area contributed by atoms with Gasteiger partial charge in [0.05, 0.1) is 11.5 Å². The van der Waals surface area contributed by atoms with Crippen LogP contribution in [0.3, 0.4) is 0 Å². The first-order valence-corrected chi connectivity index (χ1v) is 7.45. The van der Waals surface area contributed by atoms with E-state index in [1.165, 1.54) is 4.31 Å². The third kappa shape index (κ3) is 3.44. The van der Waals surface area contributed by atoms with E-state index in [0.29, 0.717) is 6.54 Å². The third-order valence-corrected chi connectivity index (χ3v) is 4.56. The second-order valence-electron chi connectivity index (χ2n) is 3.78. The van der Waals surface area contributed by atoms with Gasteiger partial charge in [0.2, 0.25) is 10.0 Å². The van der Waals surface area contributed by atoms with Gasteiger partial charge in [0, 0.05) is 25.3 Å². The first-order chi connectivity index (χ1) is 8.56. The summed E-state index contributed by atoms with van der Waals surface area (Å²) in [6.45, 7) is 4.80. The summed E-state index contributed by atoms with van der Waals surface area (Å²) in [6, 6.07) is 6.63. The Morgan fingerprint density at radius 3 is 2.28 bits per heavy atom. The van der Waals surface area contributed by atoms with Crippen LogP contribution in [0.25, 0.3) is 0 Å². The van der Waals surface area contributed by atoms with E-state index in [1.54, 1.807) is 31.2 Å². The first-order valence-electron chi connectivity index (χ1n) is 6.01. The van der Waals surface area contributed by atoms with Gasteiger partial charge in [-0.05, 0) is 31.2 Å². The van der Waals surface area contributed by atoms with Crippen LogP contribution in [0.1, 0.15) is 13.8 Å². The van der Waals surface area contributed by atoms with E-state index in [9.17, 15) is 8.42 Å². The Balaban J connectivity index is 2.97. The number of hydrogen-bond acceptors (Lipinski definition) is 4. The predicted octanol–water partition coefficient (Wildman–Crippen LogP) is 1.12. The molecule has 0 atom stereocenters. The average molecular weight is 272 g/mol. The fourth-order valence-corrected chi connectivity index (χ4v) is 3.10. The Bertz CT molecular complexity index is 457. The lowest BCUT2D eigenvalue weighted by Gasteiger charge is -2.19. The zero-order chi connectivity index (χ0) is 13.6. The lowest BCUT2D eigenvalue weighted by Crippen LogP contribution is -2.33. The van der Waals surface area contributed by atoms with Crippen molar-refractivity contribution in [1.29, 1.82) is 0 Å². The van der Waals surface area contributed by atoms with Crippen LogP contribution in [0.2, 0.25) is 0 Å². The van der Waals surface area contributed by atoms with Crippen LogP contribution in [0.5, 0.6) is 0 Å². The maximum atomic E-state index is 12.2. The molecule has 18 heavy (non-hydrogen) atoms. The monoisotopic (exact) mass is 272 g/mol. The molecule has 0 aromatic heterocycles. The van der Waals surface area contributed by atoms with Crippen LogP contribution >= 0.6 is 0 Å². The van der Waals surface area contributed by atoms with Crippen LogP contribution in [0.15, 0.2) is 29.2 Å². The largest absolute Gasteiger partial charge is 0.395 e. The van der Waals surface area contributed by atoms with Crippen LogP contribution in [-0.4, -0.2) is 44.1 Å². The minimum atomic E-state index is -3.50. The van der Waals surface area contributed by atoms with Gasteiger partial charge in [0.1, 0.15) is 0 Å². The van der Waals surface area contributed by atoms with Crippen LogP contribution in [0, 0.1) is 0 Å². The molecule has 0 saturated heterocycles. The molecule has 1 rings (SSSR count). The van der Waals surface area contributed by atoms with Gasteiger partial charge in [-0.3, -0.25) is 0 Å². The second-order valence-corrected chi connectivity index (χ2v) is 5.71. The molecular weight excluding hydrogens is 252 g/mol. The molecule has 6 heteroatoms. The van der Waals surface area contributed by atoms with Crippen molar-refractivity contribution in [3.63, 3.8) is 0 Å². The molecule has 0 spiro atoms. The maximum Gasteiger partial charge on any atom is 0.243 e. The van der Waals surface area contributed by atoms with E-state index in [0.717, 1.165) is 12.2 Å². The van der Waals surface area contributed by atoms with Gasteiger partial charge in [-0.1, -0.05) is 6.92 Å². The van der Waals surface area contributed by atoms with Crippen molar-refractivity contribution >= 4 is 15.7 Å². The minimum Gasteiger partial charge on any atom is -0.395 e. The van der Waals surface area contributed by atoms with Crippen LogP contribution in [0.4, 0.5) is 5.69 Å². The zero-order valence-electron chi connectivity index (χ0n) is 10.8. The van der Waals surface area contributed by atoms with Gasteiger partial charge < -0.3 is 10.4 Å². The second kappa shape index (κ2) is 6.72. The molecule has 5 nitrogen and oxygen atoms in total. The fraction of sp³-hybridized carbons (Fsp3) is 0.500. The molecule has 1 aromatic carbocycles. The van der Waals surface area contributed by atoms with Gasteiger partial charge in [-0.25, -0.2) is 8.42 Å². The average Bonchev–Trinajstić information content (AvgIpc) is 2.36. The van der Waals surface area contributed by atoms with Crippen molar-refractivity contribution in [3.05, 3.63) is 24.3 Å². The van der Waals surface area contributed by atoms with E-state index in [-0.39, 0.29) is 18.0 Å². The summed E-state index contributed by atoms with van der Waals surface area (Å²) in [5, 5.41) is 12.0. The molecule has 102 valence electrons. The summed E-state index contributed by atoms with van der Waals surface area (Å²) < 4.78 is 25.7. The smallest absolute Gasteiger partial charge is 0.243 e. The molecule has 0 heterocycles. The number of nitrogens with zero attached hydrogens (tertiary/aromatic N) is 1. The van der Waals surface area contributed by atoms with Gasteiger partial charge in [0.15, 0.2) is 0 Å². The topological polar surface area (TPSA) is 69.6 Å². The SMILES string of the molecule is CCNc1ccc(S(=O)(=O)N(CC)CCO)cc1. The lowest BCUT2D eigenvalue weighted by molar-refractivity contribution is 0.257.